The summed E-state index contributed by atoms with van der Waals surface area (Å²) in [6.45, 7) is 42.1. The number of nitrogens with one attached hydrogen (secondary N) is 1. The van der Waals surface area contributed by atoms with Gasteiger partial charge in [-0.15, -0.1) is 34.0 Å². The van der Waals surface area contributed by atoms with Gasteiger partial charge in [0.25, 0.3) is 17.2 Å². The third-order valence-electron chi connectivity index (χ3n) is 14.9. The number of carbonyl (C=O) groups is 5. The quantitative estimate of drug-likeness (QED) is 0.0307. The second-order valence-electron chi connectivity index (χ2n) is 23.7. The van der Waals surface area contributed by atoms with Gasteiger partial charge in [-0.25, -0.2) is 36.0 Å². The average Bonchev–Trinajstić information content (AvgIpc) is 1.70. The van der Waals surface area contributed by atoms with Crippen molar-refractivity contribution >= 4 is 140 Å². The minimum absolute atomic E-state index is 0. The van der Waals surface area contributed by atoms with Gasteiger partial charge >= 0.3 is 29.7 Å². The Morgan fingerprint density at radius 1 is 0.685 bits per heavy atom. The number of aromatic amines is 1. The van der Waals surface area contributed by atoms with Gasteiger partial charge in [0.05, 0.1) is 49.1 Å². The number of nitrogens with zero attached hydrogens (tertiary/aromatic N) is 5. The number of esters is 3. The number of fused-ring (bicyclic) bond motifs is 7. The van der Waals surface area contributed by atoms with E-state index in [0.29, 0.717) is 41.3 Å². The standard InChI is InChI=1S/C12H17NO2S.C12H17NO2.C11H11ClN2S.C11H12N2OS.C7H12O.C5H7NO2.C2H4O2.2CH4.Cl3OP.H3N/c1-4-15-11(14)8-9-7(16-10(8)13)5-6-12(9,2)3;1-5-15-11(14)10(13-4)9-7-6-8-12(9,2)3;1-11(2)4-3-6-8(11)7-9(12)13-5-14-10(7)15-6;1-11(2)4-3-6-8(11)7-9(14)12-5-13-10(7)15-6;1-7(2)5-3-4-6(7)8;1-3-8-5(7)4-6-2;1-2(3)4;;;1-5(2,3)4;/h4-6,13H2,1-3H3;5-8H2,1-3H3;5H,3-4H2,1-2H3;5H,3-4H2,1-2H3,(H,12,13,14);3-5H2,1-2H3;3-4H2,1H3;1H3,(H,3,4);2*1H4;;1H3/b;10-9-;;;;;;;;;. The molecule has 5 heterocycles. The molecule has 5 aromatic heterocycles. The van der Waals surface area contributed by atoms with Crippen LogP contribution in [0.2, 0.25) is 5.15 Å². The smallest absolute Gasteiger partial charge is 0.387 e. The Bertz CT molecular complexity index is 3470. The fourth-order valence-electron chi connectivity index (χ4n) is 10.7. The number of carbonyl (C=O) groups excluding carboxylic acids is 4. The van der Waals surface area contributed by atoms with Crippen LogP contribution in [0.4, 0.5) is 5.00 Å². The fraction of sp³-hybridized carbons (Fsp3) is 0.597. The minimum Gasteiger partial charge on any atom is -0.481 e. The number of ketones is 1. The molecule has 19 nitrogen and oxygen atoms in total. The van der Waals surface area contributed by atoms with Crippen molar-refractivity contribution in [1.29, 1.82) is 0 Å². The number of halogens is 4. The molecule has 5 aliphatic carbocycles. The van der Waals surface area contributed by atoms with E-state index >= 15 is 0 Å². The molecule has 5 aromatic rings. The van der Waals surface area contributed by atoms with Gasteiger partial charge < -0.3 is 41.0 Å². The van der Waals surface area contributed by atoms with Gasteiger partial charge in [0.2, 0.25) is 0 Å². The monoisotopic (exact) mass is 1390 g/mol. The summed E-state index contributed by atoms with van der Waals surface area (Å²) in [6, 6.07) is 0. The van der Waals surface area contributed by atoms with Crippen molar-refractivity contribution in [3.8, 4) is 0 Å². The summed E-state index contributed by atoms with van der Waals surface area (Å²) in [4.78, 5) is 92.7. The highest BCUT2D eigenvalue weighted by Gasteiger charge is 2.40. The van der Waals surface area contributed by atoms with Crippen LogP contribution in [0, 0.1) is 24.0 Å². The van der Waals surface area contributed by atoms with Crippen LogP contribution in [0.25, 0.3) is 30.1 Å². The number of Topliss-reactive ketones (excluding diaryl/α,β-unsaturated/α-hetero) is 1. The number of nitrogen functional groups attached to an aromatic ring is 1. The van der Waals surface area contributed by atoms with Crippen molar-refractivity contribution in [3.63, 3.8) is 0 Å². The van der Waals surface area contributed by atoms with Crippen LogP contribution in [0.3, 0.4) is 0 Å². The normalized spacial score (nSPS) is 17.0. The molecular weight excluding hydrogens is 1300 g/mol. The van der Waals surface area contributed by atoms with Gasteiger partial charge in [-0.3, -0.25) is 23.7 Å². The third-order valence-corrected chi connectivity index (χ3v) is 18.6. The molecule has 0 atom stereocenters. The van der Waals surface area contributed by atoms with Crippen molar-refractivity contribution in [1.82, 2.24) is 26.1 Å². The SMILES string of the molecule is C.C.CC(=O)O.CC1(C)CCCC1=O.CC1(C)CCc2sc3nc[nH]c(=O)c3c21.CC1(C)CCc2sc3ncnc(Cl)c3c21.CCOC(=O)c1c(N)sc2c1C(C)(C)CC2.N.O=P(Cl)(Cl)Cl.[C-]#[N+]/C(C(=O)OCC)=C1/CCCC1(C)C.[C-]#[N+]CC(=O)OCC. The predicted octanol–water partition coefficient (Wildman–Crippen LogP) is 18.0. The second-order valence-corrected chi connectivity index (χ2v) is 34.0. The van der Waals surface area contributed by atoms with E-state index in [2.05, 4.69) is 123 Å². The van der Waals surface area contributed by atoms with E-state index in [1.807, 2.05) is 20.8 Å². The molecule has 2 saturated carbocycles. The van der Waals surface area contributed by atoms with Gasteiger partial charge in [0, 0.05) is 33.4 Å². The van der Waals surface area contributed by atoms with E-state index in [9.17, 15) is 28.5 Å². The molecule has 0 amide bonds. The lowest BCUT2D eigenvalue weighted by Gasteiger charge is -2.20. The maximum Gasteiger partial charge on any atom is 0.387 e. The summed E-state index contributed by atoms with van der Waals surface area (Å²) in [5, 5.41) is 7.31. The summed E-state index contributed by atoms with van der Waals surface area (Å²) >= 11 is 25.0. The highest BCUT2D eigenvalue weighted by molar-refractivity contribution is 8.24. The number of thiophene rings is 3. The number of rotatable bonds is 6. The van der Waals surface area contributed by atoms with Crippen LogP contribution in [-0.2, 0) is 73.5 Å². The molecule has 0 saturated heterocycles. The summed E-state index contributed by atoms with van der Waals surface area (Å²) in [5.74, 6) is -1.56. The summed E-state index contributed by atoms with van der Waals surface area (Å²) in [7, 11) is 0. The largest absolute Gasteiger partial charge is 0.481 e. The predicted molar refractivity (Wildman–Crippen MR) is 367 cm³/mol. The van der Waals surface area contributed by atoms with Gasteiger partial charge in [0.15, 0.2) is 0 Å². The number of carboxylic acid groups (broad SMARTS) is 1. The minimum atomic E-state index is -3.22. The lowest BCUT2D eigenvalue weighted by molar-refractivity contribution is -0.141. The second kappa shape index (κ2) is 36.3. The van der Waals surface area contributed by atoms with Gasteiger partial charge in [-0.1, -0.05) is 101 Å². The molecule has 2 fully saturated rings. The van der Waals surface area contributed by atoms with Gasteiger partial charge in [-0.2, -0.15) is 0 Å². The molecule has 496 valence electrons. The lowest BCUT2D eigenvalue weighted by Crippen LogP contribution is -2.18. The van der Waals surface area contributed by atoms with E-state index in [4.69, 9.17) is 49.9 Å². The highest BCUT2D eigenvalue weighted by atomic mass is 36.0. The number of nitrogens with two attached hydrogens (primary N) is 1. The number of carboxylic acids is 1. The van der Waals surface area contributed by atoms with E-state index in [1.165, 1.54) is 49.8 Å². The number of hydrogen-bond donors (Lipinski definition) is 4. The molecule has 7 N–H and O–H groups in total. The van der Waals surface area contributed by atoms with Crippen LogP contribution in [-0.4, -0.2) is 81.1 Å². The zero-order valence-electron chi connectivity index (χ0n) is 52.2. The first-order chi connectivity index (χ1) is 39.9. The molecule has 0 radical (unpaired) electrons. The maximum absolute atomic E-state index is 11.9. The Morgan fingerprint density at radius 2 is 1.13 bits per heavy atom. The van der Waals surface area contributed by atoms with Crippen molar-refractivity contribution < 1.29 is 47.9 Å². The Hall–Kier alpha value is -5.00. The zero-order chi connectivity index (χ0) is 65.3. The molecular formula is C62H91Cl4N8O11PS3. The average molecular weight is 1390 g/mol. The topological polar surface area (TPSA) is 292 Å². The molecule has 10 rings (SSSR count). The summed E-state index contributed by atoms with van der Waals surface area (Å²) in [5.41, 5.74) is 11.8. The van der Waals surface area contributed by atoms with Gasteiger partial charge in [0.1, 0.15) is 31.9 Å². The number of allylic oxidation sites excluding steroid dienone is 1. The number of aromatic nitrogens is 4. The molecule has 89 heavy (non-hydrogen) atoms. The highest BCUT2D eigenvalue weighted by Crippen LogP contribution is 2.61. The number of anilines is 1. The number of aryl methyl sites for hydroxylation is 3. The Balaban J connectivity index is 0.00000102. The van der Waals surface area contributed by atoms with Crippen LogP contribution in [0.5, 0.6) is 0 Å². The maximum atomic E-state index is 11.9. The van der Waals surface area contributed by atoms with Crippen LogP contribution in [0.15, 0.2) is 28.7 Å². The fourth-order valence-corrected chi connectivity index (χ4v) is 14.8. The number of H-pyrrole nitrogens is 1. The third kappa shape index (κ3) is 23.9. The van der Waals surface area contributed by atoms with E-state index in [0.717, 1.165) is 109 Å². The van der Waals surface area contributed by atoms with Gasteiger partial charge in [-0.05, 0) is 163 Å². The molecule has 0 spiro atoms. The van der Waals surface area contributed by atoms with Crippen LogP contribution in [0.1, 0.15) is 211 Å². The van der Waals surface area contributed by atoms with Crippen LogP contribution >= 0.6 is 84.5 Å². The molecule has 0 aromatic carbocycles. The first-order valence-electron chi connectivity index (χ1n) is 28.1. The Kier molecular flexibility index (Phi) is 34.3. The summed E-state index contributed by atoms with van der Waals surface area (Å²) < 4.78 is 23.9. The lowest BCUT2D eigenvalue weighted by atomic mass is 9.85. The van der Waals surface area contributed by atoms with Crippen LogP contribution < -0.4 is 17.4 Å². The molecule has 0 unspecified atom stereocenters. The zero-order valence-corrected chi connectivity index (χ0v) is 58.6. The van der Waals surface area contributed by atoms with Crippen molar-refractivity contribution in [2.75, 3.05) is 32.1 Å². The van der Waals surface area contributed by atoms with E-state index in [1.54, 1.807) is 42.8 Å². The molecule has 5 aliphatic rings. The van der Waals surface area contributed by atoms with Crippen molar-refractivity contribution in [2.45, 2.75) is 205 Å². The molecule has 27 heteroatoms. The summed E-state index contributed by atoms with van der Waals surface area (Å²) in [6.07, 6.45) is 15.7. The van der Waals surface area contributed by atoms with Crippen molar-refractivity contribution in [2.24, 2.45) is 10.8 Å². The van der Waals surface area contributed by atoms with E-state index in [-0.39, 0.29) is 71.8 Å². The number of ether oxygens (including phenoxy) is 3. The first-order valence-corrected chi connectivity index (χ1v) is 35.3. The number of aliphatic carboxylic acids is 1. The molecule has 0 aliphatic heterocycles. The van der Waals surface area contributed by atoms with Crippen molar-refractivity contribution in [3.05, 3.63) is 99.2 Å². The Labute approximate surface area is 556 Å². The molecule has 0 bridgehead atoms. The first kappa shape index (κ1) is 84.0. The van der Waals surface area contributed by atoms with E-state index < -0.39 is 23.1 Å². The number of hydrogen-bond acceptors (Lipinski definition) is 18. The Morgan fingerprint density at radius 3 is 1.55 bits per heavy atom.